The van der Waals surface area contributed by atoms with Gasteiger partial charge in [-0.1, -0.05) is 26.0 Å². The number of hydrogen-bond donors (Lipinski definition) is 1. The molecule has 1 N–H and O–H groups in total. The third kappa shape index (κ3) is 3.95. The summed E-state index contributed by atoms with van der Waals surface area (Å²) in [6.07, 6.45) is 0. The number of aliphatic carboxylic acids is 1. The number of benzene rings is 1. The molecule has 2 rings (SSSR count). The first-order valence-corrected chi connectivity index (χ1v) is 8.90. The standard InChI is InChI=1S/C15H19NO3S2/c1-10(2)14(15(18)19)21-9-13(17)16-7-8-20-12-6-4-3-5-11(12)16/h3-6,10,14H,7-9H2,1-2H3,(H,18,19). The van der Waals surface area contributed by atoms with Crippen molar-refractivity contribution in [2.24, 2.45) is 5.92 Å². The maximum absolute atomic E-state index is 12.4. The first-order valence-electron chi connectivity index (χ1n) is 6.87. The van der Waals surface area contributed by atoms with Crippen LogP contribution in [0, 0.1) is 5.92 Å². The molecule has 0 aliphatic carbocycles. The molecule has 21 heavy (non-hydrogen) atoms. The van der Waals surface area contributed by atoms with Crippen molar-refractivity contribution in [2.75, 3.05) is 23.0 Å². The summed E-state index contributed by atoms with van der Waals surface area (Å²) in [4.78, 5) is 26.5. The van der Waals surface area contributed by atoms with Gasteiger partial charge >= 0.3 is 5.97 Å². The highest BCUT2D eigenvalue weighted by Crippen LogP contribution is 2.34. The van der Waals surface area contributed by atoms with E-state index in [-0.39, 0.29) is 17.6 Å². The molecule has 0 saturated heterocycles. The normalized spacial score (nSPS) is 15.7. The Morgan fingerprint density at radius 2 is 2.10 bits per heavy atom. The van der Waals surface area contributed by atoms with E-state index in [9.17, 15) is 14.7 Å². The Labute approximate surface area is 133 Å². The average Bonchev–Trinajstić information content (AvgIpc) is 2.46. The Morgan fingerprint density at radius 1 is 1.38 bits per heavy atom. The van der Waals surface area contributed by atoms with E-state index in [1.54, 1.807) is 16.7 Å². The van der Waals surface area contributed by atoms with E-state index in [1.165, 1.54) is 11.8 Å². The van der Waals surface area contributed by atoms with Crippen LogP contribution >= 0.6 is 23.5 Å². The number of carboxylic acids is 1. The van der Waals surface area contributed by atoms with Gasteiger partial charge in [-0.25, -0.2) is 0 Å². The number of thioether (sulfide) groups is 2. The summed E-state index contributed by atoms with van der Waals surface area (Å²) in [6, 6.07) is 7.85. The smallest absolute Gasteiger partial charge is 0.316 e. The van der Waals surface area contributed by atoms with E-state index in [4.69, 9.17) is 0 Å². The zero-order valence-electron chi connectivity index (χ0n) is 12.1. The number of carboxylic acid groups (broad SMARTS) is 1. The van der Waals surface area contributed by atoms with Crippen LogP contribution in [0.1, 0.15) is 13.8 Å². The van der Waals surface area contributed by atoms with Gasteiger partial charge in [-0.05, 0) is 18.1 Å². The van der Waals surface area contributed by atoms with Crippen molar-refractivity contribution < 1.29 is 14.7 Å². The first-order chi connectivity index (χ1) is 10.0. The number of amides is 1. The highest BCUT2D eigenvalue weighted by atomic mass is 32.2. The van der Waals surface area contributed by atoms with Gasteiger partial charge in [0.25, 0.3) is 0 Å². The predicted octanol–water partition coefficient (Wildman–Crippen LogP) is 2.97. The molecule has 1 aromatic carbocycles. The lowest BCUT2D eigenvalue weighted by atomic mass is 10.1. The maximum atomic E-state index is 12.4. The molecule has 1 aliphatic heterocycles. The number of fused-ring (bicyclic) bond motifs is 1. The van der Waals surface area contributed by atoms with E-state index < -0.39 is 11.2 Å². The molecule has 4 nitrogen and oxygen atoms in total. The number of carbonyl (C=O) groups is 2. The molecule has 1 heterocycles. The fourth-order valence-electron chi connectivity index (χ4n) is 2.22. The summed E-state index contributed by atoms with van der Waals surface area (Å²) >= 11 is 2.97. The van der Waals surface area contributed by atoms with E-state index in [0.29, 0.717) is 6.54 Å². The van der Waals surface area contributed by atoms with Gasteiger partial charge in [0.2, 0.25) is 5.91 Å². The van der Waals surface area contributed by atoms with Crippen LogP contribution in [0.25, 0.3) is 0 Å². The Kier molecular flexibility index (Phi) is 5.58. The molecule has 1 amide bonds. The second kappa shape index (κ2) is 7.22. The molecule has 6 heteroatoms. The van der Waals surface area contributed by atoms with E-state index in [1.807, 2.05) is 38.1 Å². The summed E-state index contributed by atoms with van der Waals surface area (Å²) in [5.74, 6) is 0.218. The minimum atomic E-state index is -0.850. The Hall–Kier alpha value is -1.14. The minimum Gasteiger partial charge on any atom is -0.480 e. The minimum absolute atomic E-state index is 0.00416. The molecular formula is C15H19NO3S2. The van der Waals surface area contributed by atoms with Gasteiger partial charge in [-0.2, -0.15) is 0 Å². The molecular weight excluding hydrogens is 306 g/mol. The Bertz CT molecular complexity index is 533. The molecule has 1 aromatic rings. The lowest BCUT2D eigenvalue weighted by Gasteiger charge is -2.29. The summed E-state index contributed by atoms with van der Waals surface area (Å²) in [5, 5.41) is 8.64. The van der Waals surface area contributed by atoms with Gasteiger partial charge in [0.05, 0.1) is 11.4 Å². The molecule has 0 saturated carbocycles. The van der Waals surface area contributed by atoms with Gasteiger partial charge in [-0.15, -0.1) is 23.5 Å². The van der Waals surface area contributed by atoms with Crippen LogP contribution in [0.5, 0.6) is 0 Å². The lowest BCUT2D eigenvalue weighted by molar-refractivity contribution is -0.137. The van der Waals surface area contributed by atoms with E-state index in [0.717, 1.165) is 16.3 Å². The van der Waals surface area contributed by atoms with Crippen LogP contribution in [-0.4, -0.2) is 40.3 Å². The van der Waals surface area contributed by atoms with Crippen molar-refractivity contribution in [3.63, 3.8) is 0 Å². The quantitative estimate of drug-likeness (QED) is 0.902. The number of anilines is 1. The van der Waals surface area contributed by atoms with Crippen LogP contribution in [0.3, 0.4) is 0 Å². The first kappa shape index (κ1) is 16.2. The monoisotopic (exact) mass is 325 g/mol. The summed E-state index contributed by atoms with van der Waals surface area (Å²) < 4.78 is 0. The lowest BCUT2D eigenvalue weighted by Crippen LogP contribution is -2.37. The Morgan fingerprint density at radius 3 is 2.76 bits per heavy atom. The highest BCUT2D eigenvalue weighted by molar-refractivity contribution is 8.01. The third-order valence-corrected chi connectivity index (χ3v) is 5.83. The number of carbonyl (C=O) groups excluding carboxylic acids is 1. The van der Waals surface area contributed by atoms with Crippen molar-refractivity contribution in [1.82, 2.24) is 0 Å². The number of nitrogens with zero attached hydrogens (tertiary/aromatic N) is 1. The average molecular weight is 325 g/mol. The number of hydrogen-bond acceptors (Lipinski definition) is 4. The summed E-state index contributed by atoms with van der Waals surface area (Å²) in [7, 11) is 0. The van der Waals surface area contributed by atoms with Crippen LogP contribution in [0.2, 0.25) is 0 Å². The van der Waals surface area contributed by atoms with E-state index >= 15 is 0 Å². The van der Waals surface area contributed by atoms with Crippen molar-refractivity contribution in [3.05, 3.63) is 24.3 Å². The fraction of sp³-hybridized carbons (Fsp3) is 0.467. The highest BCUT2D eigenvalue weighted by Gasteiger charge is 2.26. The van der Waals surface area contributed by atoms with Crippen molar-refractivity contribution in [3.8, 4) is 0 Å². The zero-order valence-corrected chi connectivity index (χ0v) is 13.7. The fourth-order valence-corrected chi connectivity index (χ4v) is 4.22. The number of rotatable bonds is 5. The van der Waals surface area contributed by atoms with Gasteiger partial charge in [0.1, 0.15) is 5.25 Å². The van der Waals surface area contributed by atoms with Crippen LogP contribution < -0.4 is 4.90 Å². The molecule has 0 fully saturated rings. The predicted molar refractivity (Wildman–Crippen MR) is 88.2 cm³/mol. The van der Waals surface area contributed by atoms with Gasteiger partial charge in [0.15, 0.2) is 0 Å². The molecule has 0 aromatic heterocycles. The topological polar surface area (TPSA) is 57.6 Å². The molecule has 0 bridgehead atoms. The molecule has 1 unspecified atom stereocenters. The molecule has 1 atom stereocenters. The van der Waals surface area contributed by atoms with Crippen LogP contribution in [0.15, 0.2) is 29.2 Å². The molecule has 1 aliphatic rings. The van der Waals surface area contributed by atoms with E-state index in [2.05, 4.69) is 0 Å². The SMILES string of the molecule is CC(C)C(SCC(=O)N1CCSc2ccccc21)C(=O)O. The van der Waals surface area contributed by atoms with Crippen molar-refractivity contribution >= 4 is 41.1 Å². The Balaban J connectivity index is 2.03. The second-order valence-corrected chi connectivity index (χ2v) is 7.44. The molecule has 0 radical (unpaired) electrons. The second-order valence-electron chi connectivity index (χ2n) is 5.18. The number of para-hydroxylation sites is 1. The third-order valence-electron chi connectivity index (χ3n) is 3.26. The van der Waals surface area contributed by atoms with Gasteiger partial charge in [0, 0.05) is 17.2 Å². The van der Waals surface area contributed by atoms with Gasteiger partial charge < -0.3 is 10.0 Å². The zero-order chi connectivity index (χ0) is 15.4. The summed E-state index contributed by atoms with van der Waals surface area (Å²) in [5.41, 5.74) is 0.941. The largest absolute Gasteiger partial charge is 0.480 e. The van der Waals surface area contributed by atoms with Crippen LogP contribution in [-0.2, 0) is 9.59 Å². The van der Waals surface area contributed by atoms with Crippen molar-refractivity contribution in [2.45, 2.75) is 24.0 Å². The maximum Gasteiger partial charge on any atom is 0.316 e. The van der Waals surface area contributed by atoms with Gasteiger partial charge in [-0.3, -0.25) is 9.59 Å². The molecule has 114 valence electrons. The molecule has 0 spiro atoms. The summed E-state index contributed by atoms with van der Waals surface area (Å²) in [6.45, 7) is 4.41. The van der Waals surface area contributed by atoms with Crippen LogP contribution in [0.4, 0.5) is 5.69 Å². The van der Waals surface area contributed by atoms with Crippen molar-refractivity contribution in [1.29, 1.82) is 0 Å².